The van der Waals surface area contributed by atoms with Crippen LogP contribution in [0.1, 0.15) is 18.4 Å². The van der Waals surface area contributed by atoms with Crippen LogP contribution in [0.4, 0.5) is 17.5 Å². The van der Waals surface area contributed by atoms with Gasteiger partial charge in [-0.25, -0.2) is 4.98 Å². The largest absolute Gasteiger partial charge is 0.370 e. The number of nitriles is 1. The normalized spacial score (nSPS) is 14.8. The molecule has 2 heterocycles. The molecule has 2 aromatic rings. The van der Waals surface area contributed by atoms with Crippen LogP contribution in [0.5, 0.6) is 0 Å². The molecule has 1 aliphatic heterocycles. The fourth-order valence-electron chi connectivity index (χ4n) is 3.31. The number of hydrogen-bond donors (Lipinski definition) is 0. The summed E-state index contributed by atoms with van der Waals surface area (Å²) in [6.07, 6.45) is 3.86. The molecule has 1 aliphatic rings. The van der Waals surface area contributed by atoms with Gasteiger partial charge in [-0.05, 0) is 37.1 Å². The van der Waals surface area contributed by atoms with Gasteiger partial charge < -0.3 is 14.7 Å². The molecule has 0 radical (unpaired) electrons. The zero-order valence-electron chi connectivity index (χ0n) is 15.4. The van der Waals surface area contributed by atoms with Crippen molar-refractivity contribution in [1.82, 2.24) is 9.97 Å². The fourth-order valence-corrected chi connectivity index (χ4v) is 3.67. The van der Waals surface area contributed by atoms with Gasteiger partial charge in [-0.15, -0.1) is 0 Å². The maximum atomic E-state index is 9.41. The van der Waals surface area contributed by atoms with Crippen molar-refractivity contribution in [2.24, 2.45) is 0 Å². The minimum absolute atomic E-state index is 0.428. The van der Waals surface area contributed by atoms with E-state index in [2.05, 4.69) is 48.8 Å². The molecule has 1 saturated heterocycles. The van der Waals surface area contributed by atoms with Crippen molar-refractivity contribution < 1.29 is 0 Å². The Balaban J connectivity index is 1.69. The first-order valence-corrected chi connectivity index (χ1v) is 9.46. The number of nitrogens with zero attached hydrogens (tertiary/aromatic N) is 6. The number of aromatic nitrogens is 2. The van der Waals surface area contributed by atoms with E-state index in [0.717, 1.165) is 53.4 Å². The zero-order chi connectivity index (χ0) is 18.7. The Morgan fingerprint density at radius 3 is 2.58 bits per heavy atom. The molecule has 0 saturated carbocycles. The summed E-state index contributed by atoms with van der Waals surface area (Å²) in [5, 5.41) is 9.41. The number of benzene rings is 1. The molecule has 0 atom stereocenters. The number of piperidine rings is 1. The molecule has 0 bridgehead atoms. The number of halogens is 1. The summed E-state index contributed by atoms with van der Waals surface area (Å²) in [5.74, 6) is 1.67. The Kier molecular flexibility index (Phi) is 5.62. The topological polar surface area (TPSA) is 59.3 Å². The minimum atomic E-state index is 0.428. The van der Waals surface area contributed by atoms with Crippen LogP contribution in [0.25, 0.3) is 0 Å². The molecule has 0 N–H and O–H groups in total. The second-order valence-electron chi connectivity index (χ2n) is 6.71. The Morgan fingerprint density at radius 1 is 1.19 bits per heavy atom. The monoisotopic (exact) mass is 414 g/mol. The van der Waals surface area contributed by atoms with E-state index in [9.17, 15) is 5.26 Å². The molecule has 0 aliphatic carbocycles. The molecular weight excluding hydrogens is 392 g/mol. The number of hydrogen-bond acceptors (Lipinski definition) is 6. The van der Waals surface area contributed by atoms with Gasteiger partial charge in [-0.2, -0.15) is 10.2 Å². The predicted molar refractivity (Wildman–Crippen MR) is 109 cm³/mol. The van der Waals surface area contributed by atoms with E-state index in [1.807, 2.05) is 49.5 Å². The van der Waals surface area contributed by atoms with E-state index in [1.165, 1.54) is 0 Å². The molecule has 6 nitrogen and oxygen atoms in total. The van der Waals surface area contributed by atoms with Crippen molar-refractivity contribution in [1.29, 1.82) is 5.26 Å². The lowest BCUT2D eigenvalue weighted by molar-refractivity contribution is 0.480. The van der Waals surface area contributed by atoms with Crippen LogP contribution in [0.3, 0.4) is 0 Å². The molecular formula is C19H23BrN6. The Labute approximate surface area is 163 Å². The van der Waals surface area contributed by atoms with Gasteiger partial charge >= 0.3 is 0 Å². The summed E-state index contributed by atoms with van der Waals surface area (Å²) in [6, 6.07) is 10.6. The fraction of sp³-hybridized carbons (Fsp3) is 0.421. The molecule has 7 heteroatoms. The average molecular weight is 415 g/mol. The highest BCUT2D eigenvalue weighted by Gasteiger charge is 2.25. The van der Waals surface area contributed by atoms with Crippen molar-refractivity contribution in [3.63, 3.8) is 0 Å². The third-order valence-corrected chi connectivity index (χ3v) is 5.31. The van der Waals surface area contributed by atoms with Gasteiger partial charge in [0.1, 0.15) is 11.9 Å². The molecule has 0 unspecified atom stereocenters. The number of rotatable bonds is 4. The van der Waals surface area contributed by atoms with Crippen LogP contribution in [0.2, 0.25) is 0 Å². The minimum Gasteiger partial charge on any atom is -0.370 e. The van der Waals surface area contributed by atoms with Gasteiger partial charge in [0.05, 0.1) is 11.3 Å². The second-order valence-corrected chi connectivity index (χ2v) is 7.63. The maximum absolute atomic E-state index is 9.41. The molecule has 1 aromatic heterocycles. The molecule has 1 fully saturated rings. The first-order chi connectivity index (χ1) is 12.5. The highest BCUT2D eigenvalue weighted by atomic mass is 79.9. The van der Waals surface area contributed by atoms with Crippen molar-refractivity contribution >= 4 is 33.4 Å². The van der Waals surface area contributed by atoms with Gasteiger partial charge in [0.2, 0.25) is 5.95 Å². The molecule has 26 heavy (non-hydrogen) atoms. The maximum Gasteiger partial charge on any atom is 0.226 e. The van der Waals surface area contributed by atoms with Crippen LogP contribution in [0.15, 0.2) is 34.9 Å². The predicted octanol–water partition coefficient (Wildman–Crippen LogP) is 3.28. The first kappa shape index (κ1) is 18.5. The Hall–Kier alpha value is -2.33. The van der Waals surface area contributed by atoms with E-state index in [4.69, 9.17) is 0 Å². The Bertz CT molecular complexity index is 808. The summed E-state index contributed by atoms with van der Waals surface area (Å²) in [5.41, 5.74) is 1.74. The summed E-state index contributed by atoms with van der Waals surface area (Å²) in [6.45, 7) is 1.86. The van der Waals surface area contributed by atoms with E-state index in [-0.39, 0.29) is 0 Å². The molecule has 0 spiro atoms. The second kappa shape index (κ2) is 7.92. The van der Waals surface area contributed by atoms with Crippen LogP contribution in [0, 0.1) is 11.3 Å². The van der Waals surface area contributed by atoms with Crippen LogP contribution >= 0.6 is 15.9 Å². The SMILES string of the molecule is CN(C)c1nccc(N(C)C2CCN(c3ccc(Br)cc3C#N)CC2)n1. The summed E-state index contributed by atoms with van der Waals surface area (Å²) in [7, 11) is 5.99. The zero-order valence-corrected chi connectivity index (χ0v) is 16.9. The van der Waals surface area contributed by atoms with Crippen LogP contribution in [-0.4, -0.2) is 50.2 Å². The smallest absolute Gasteiger partial charge is 0.226 e. The third-order valence-electron chi connectivity index (χ3n) is 4.82. The lowest BCUT2D eigenvalue weighted by Gasteiger charge is -2.38. The van der Waals surface area contributed by atoms with Crippen molar-refractivity contribution in [2.75, 3.05) is 48.9 Å². The lowest BCUT2D eigenvalue weighted by atomic mass is 10.0. The van der Waals surface area contributed by atoms with E-state index in [0.29, 0.717) is 6.04 Å². The summed E-state index contributed by atoms with van der Waals surface area (Å²) in [4.78, 5) is 15.4. The van der Waals surface area contributed by atoms with Gasteiger partial charge in [0, 0.05) is 50.9 Å². The Morgan fingerprint density at radius 2 is 1.92 bits per heavy atom. The highest BCUT2D eigenvalue weighted by Crippen LogP contribution is 2.28. The van der Waals surface area contributed by atoms with E-state index in [1.54, 1.807) is 0 Å². The third kappa shape index (κ3) is 3.91. The molecule has 1 aromatic carbocycles. The quantitative estimate of drug-likeness (QED) is 0.764. The van der Waals surface area contributed by atoms with Crippen LogP contribution in [-0.2, 0) is 0 Å². The first-order valence-electron chi connectivity index (χ1n) is 8.67. The van der Waals surface area contributed by atoms with Gasteiger partial charge in [0.15, 0.2) is 0 Å². The molecule has 0 amide bonds. The lowest BCUT2D eigenvalue weighted by Crippen LogP contribution is -2.44. The number of anilines is 3. The van der Waals surface area contributed by atoms with Gasteiger partial charge in [-0.1, -0.05) is 15.9 Å². The van der Waals surface area contributed by atoms with E-state index >= 15 is 0 Å². The van der Waals surface area contributed by atoms with Crippen molar-refractivity contribution in [2.45, 2.75) is 18.9 Å². The molecule has 3 rings (SSSR count). The highest BCUT2D eigenvalue weighted by molar-refractivity contribution is 9.10. The summed E-state index contributed by atoms with van der Waals surface area (Å²) < 4.78 is 0.938. The average Bonchev–Trinajstić information content (AvgIpc) is 2.67. The van der Waals surface area contributed by atoms with Crippen molar-refractivity contribution in [3.05, 3.63) is 40.5 Å². The standard InChI is InChI=1S/C19H23BrN6/c1-24(2)19-22-9-6-18(23-19)25(3)16-7-10-26(11-8-16)17-5-4-15(20)12-14(17)13-21/h4-6,9,12,16H,7-8,10-11H2,1-3H3. The van der Waals surface area contributed by atoms with Gasteiger partial charge in [0.25, 0.3) is 0 Å². The van der Waals surface area contributed by atoms with Crippen LogP contribution < -0.4 is 14.7 Å². The van der Waals surface area contributed by atoms with Gasteiger partial charge in [-0.3, -0.25) is 0 Å². The van der Waals surface area contributed by atoms with E-state index < -0.39 is 0 Å². The molecule has 136 valence electrons. The van der Waals surface area contributed by atoms with Crippen molar-refractivity contribution in [3.8, 4) is 6.07 Å². The summed E-state index contributed by atoms with van der Waals surface area (Å²) >= 11 is 3.44.